The maximum atomic E-state index is 13.2. The Morgan fingerprint density at radius 1 is 1.50 bits per heavy atom. The number of rotatable bonds is 3. The molecule has 1 aliphatic heterocycles. The number of imidazole rings is 1. The van der Waals surface area contributed by atoms with Crippen LogP contribution in [0.5, 0.6) is 0 Å². The number of benzene rings is 1. The molecular formula is C15H15FN2O2. The van der Waals surface area contributed by atoms with Gasteiger partial charge in [-0.05, 0) is 37.0 Å². The van der Waals surface area contributed by atoms with E-state index in [0.717, 1.165) is 24.1 Å². The third kappa shape index (κ3) is 2.31. The largest absolute Gasteiger partial charge is 0.480 e. The van der Waals surface area contributed by atoms with E-state index in [1.807, 2.05) is 6.07 Å². The molecule has 0 fully saturated rings. The number of hydrogen-bond donors (Lipinski definition) is 1. The third-order valence-corrected chi connectivity index (χ3v) is 3.71. The van der Waals surface area contributed by atoms with E-state index in [9.17, 15) is 14.3 Å². The van der Waals surface area contributed by atoms with Crippen molar-refractivity contribution < 1.29 is 14.3 Å². The smallest absolute Gasteiger partial charge is 0.326 e. The van der Waals surface area contributed by atoms with Gasteiger partial charge in [0, 0.05) is 18.3 Å². The van der Waals surface area contributed by atoms with Crippen molar-refractivity contribution in [2.45, 2.75) is 31.7 Å². The molecule has 0 amide bonds. The Morgan fingerprint density at radius 3 is 3.10 bits per heavy atom. The van der Waals surface area contributed by atoms with Crippen molar-refractivity contribution in [1.82, 2.24) is 9.55 Å². The minimum Gasteiger partial charge on any atom is -0.480 e. The Labute approximate surface area is 115 Å². The number of aliphatic carboxylic acids is 1. The summed E-state index contributed by atoms with van der Waals surface area (Å²) in [6, 6.07) is 5.78. The van der Waals surface area contributed by atoms with Gasteiger partial charge in [0.05, 0.1) is 0 Å². The second-order valence-electron chi connectivity index (χ2n) is 5.09. The maximum absolute atomic E-state index is 13.2. The maximum Gasteiger partial charge on any atom is 0.326 e. The molecule has 0 saturated heterocycles. The Hall–Kier alpha value is -2.17. The van der Waals surface area contributed by atoms with Gasteiger partial charge in [0.25, 0.3) is 0 Å². The van der Waals surface area contributed by atoms with Gasteiger partial charge in [-0.2, -0.15) is 0 Å². The van der Waals surface area contributed by atoms with E-state index in [-0.39, 0.29) is 5.82 Å². The average Bonchev–Trinajstić information content (AvgIpc) is 2.82. The fourth-order valence-electron chi connectivity index (χ4n) is 2.80. The number of fused-ring (bicyclic) bond motifs is 1. The summed E-state index contributed by atoms with van der Waals surface area (Å²) >= 11 is 0. The van der Waals surface area contributed by atoms with E-state index in [1.165, 1.54) is 12.1 Å². The van der Waals surface area contributed by atoms with Crippen molar-refractivity contribution in [2.75, 3.05) is 0 Å². The van der Waals surface area contributed by atoms with Crippen LogP contribution in [0.3, 0.4) is 0 Å². The second-order valence-corrected chi connectivity index (χ2v) is 5.09. The van der Waals surface area contributed by atoms with Gasteiger partial charge in [-0.3, -0.25) is 0 Å². The van der Waals surface area contributed by atoms with Gasteiger partial charge in [-0.1, -0.05) is 12.1 Å². The van der Waals surface area contributed by atoms with Crippen molar-refractivity contribution >= 4 is 5.97 Å². The highest BCUT2D eigenvalue weighted by molar-refractivity contribution is 5.72. The summed E-state index contributed by atoms with van der Waals surface area (Å²) in [6.45, 7) is 0. The normalized spacial score (nSPS) is 17.8. The standard InChI is InChI=1S/C15H15FN2O2/c16-11-4-1-3-10(7-11)8-14-17-9-12-5-2-6-13(15(19)20)18(12)14/h1,3-4,7,9,13H,2,5-6,8H2,(H,19,20). The number of carboxylic acids is 1. The first-order valence-electron chi connectivity index (χ1n) is 6.67. The number of aryl methyl sites for hydroxylation is 1. The van der Waals surface area contributed by atoms with E-state index < -0.39 is 12.0 Å². The molecule has 0 radical (unpaired) electrons. The lowest BCUT2D eigenvalue weighted by Gasteiger charge is -2.24. The highest BCUT2D eigenvalue weighted by Gasteiger charge is 2.28. The van der Waals surface area contributed by atoms with Crippen LogP contribution < -0.4 is 0 Å². The zero-order valence-electron chi connectivity index (χ0n) is 10.9. The molecule has 0 bridgehead atoms. The van der Waals surface area contributed by atoms with Crippen molar-refractivity contribution in [1.29, 1.82) is 0 Å². The summed E-state index contributed by atoms with van der Waals surface area (Å²) < 4.78 is 15.0. The summed E-state index contributed by atoms with van der Waals surface area (Å²) in [4.78, 5) is 15.7. The monoisotopic (exact) mass is 274 g/mol. The van der Waals surface area contributed by atoms with Gasteiger partial charge in [0.1, 0.15) is 17.7 Å². The van der Waals surface area contributed by atoms with Crippen LogP contribution >= 0.6 is 0 Å². The summed E-state index contributed by atoms with van der Waals surface area (Å²) in [7, 11) is 0. The number of halogens is 1. The van der Waals surface area contributed by atoms with Crippen molar-refractivity contribution in [3.8, 4) is 0 Å². The average molecular weight is 274 g/mol. The lowest BCUT2D eigenvalue weighted by atomic mass is 10.0. The molecule has 0 spiro atoms. The molecule has 1 aromatic heterocycles. The number of aromatic nitrogens is 2. The molecule has 2 heterocycles. The lowest BCUT2D eigenvalue weighted by Crippen LogP contribution is -2.26. The van der Waals surface area contributed by atoms with E-state index in [2.05, 4.69) is 4.98 Å². The molecular weight excluding hydrogens is 259 g/mol. The fourth-order valence-corrected chi connectivity index (χ4v) is 2.80. The van der Waals surface area contributed by atoms with Crippen LogP contribution in [0.2, 0.25) is 0 Å². The summed E-state index contributed by atoms with van der Waals surface area (Å²) in [5, 5.41) is 9.33. The Balaban J connectivity index is 1.95. The molecule has 1 aromatic carbocycles. The molecule has 2 aromatic rings. The van der Waals surface area contributed by atoms with Crippen molar-refractivity contribution in [3.63, 3.8) is 0 Å². The predicted molar refractivity (Wildman–Crippen MR) is 71.0 cm³/mol. The Bertz CT molecular complexity index is 651. The predicted octanol–water partition coefficient (Wildman–Crippen LogP) is 2.58. The van der Waals surface area contributed by atoms with Gasteiger partial charge in [0.15, 0.2) is 0 Å². The highest BCUT2D eigenvalue weighted by Crippen LogP contribution is 2.27. The van der Waals surface area contributed by atoms with Crippen LogP contribution in [0, 0.1) is 5.82 Å². The molecule has 0 saturated carbocycles. The zero-order valence-corrected chi connectivity index (χ0v) is 10.9. The molecule has 1 N–H and O–H groups in total. The van der Waals surface area contributed by atoms with E-state index in [1.54, 1.807) is 16.8 Å². The van der Waals surface area contributed by atoms with Gasteiger partial charge in [-0.25, -0.2) is 14.2 Å². The SMILES string of the molecule is O=C(O)C1CCCc2cnc(Cc3cccc(F)c3)n21. The van der Waals surface area contributed by atoms with Crippen LogP contribution in [0.4, 0.5) is 4.39 Å². The molecule has 5 heteroatoms. The van der Waals surface area contributed by atoms with E-state index in [4.69, 9.17) is 0 Å². The topological polar surface area (TPSA) is 55.1 Å². The molecule has 1 atom stereocenters. The first-order chi connectivity index (χ1) is 9.65. The first-order valence-corrected chi connectivity index (χ1v) is 6.67. The molecule has 3 rings (SSSR count). The van der Waals surface area contributed by atoms with Crippen LogP contribution in [0.15, 0.2) is 30.5 Å². The zero-order chi connectivity index (χ0) is 14.1. The molecule has 0 aliphatic carbocycles. The highest BCUT2D eigenvalue weighted by atomic mass is 19.1. The van der Waals surface area contributed by atoms with Crippen LogP contribution in [-0.2, 0) is 17.6 Å². The summed E-state index contributed by atoms with van der Waals surface area (Å²) in [6.07, 6.45) is 4.52. The van der Waals surface area contributed by atoms with E-state index in [0.29, 0.717) is 18.7 Å². The Kier molecular flexibility index (Phi) is 3.26. The molecule has 20 heavy (non-hydrogen) atoms. The number of carboxylic acid groups (broad SMARTS) is 1. The summed E-state index contributed by atoms with van der Waals surface area (Å²) in [5.41, 5.74) is 1.75. The first kappa shape index (κ1) is 12.8. The quantitative estimate of drug-likeness (QED) is 0.936. The Morgan fingerprint density at radius 2 is 2.35 bits per heavy atom. The van der Waals surface area contributed by atoms with Gasteiger partial charge >= 0.3 is 5.97 Å². The third-order valence-electron chi connectivity index (χ3n) is 3.71. The van der Waals surface area contributed by atoms with Crippen molar-refractivity contribution in [2.24, 2.45) is 0 Å². The fraction of sp³-hybridized carbons (Fsp3) is 0.333. The van der Waals surface area contributed by atoms with Gasteiger partial charge in [-0.15, -0.1) is 0 Å². The molecule has 1 unspecified atom stereocenters. The van der Waals surface area contributed by atoms with Gasteiger partial charge < -0.3 is 9.67 Å². The molecule has 1 aliphatic rings. The van der Waals surface area contributed by atoms with Crippen molar-refractivity contribution in [3.05, 3.63) is 53.4 Å². The minimum atomic E-state index is -0.829. The van der Waals surface area contributed by atoms with Crippen LogP contribution in [0.25, 0.3) is 0 Å². The van der Waals surface area contributed by atoms with E-state index >= 15 is 0 Å². The van der Waals surface area contributed by atoms with Crippen LogP contribution in [-0.4, -0.2) is 20.6 Å². The van der Waals surface area contributed by atoms with Crippen LogP contribution in [0.1, 0.15) is 36.0 Å². The number of nitrogens with zero attached hydrogens (tertiary/aromatic N) is 2. The lowest BCUT2D eigenvalue weighted by molar-refractivity contribution is -0.141. The minimum absolute atomic E-state index is 0.289. The van der Waals surface area contributed by atoms with Gasteiger partial charge in [0.2, 0.25) is 0 Å². The number of hydrogen-bond acceptors (Lipinski definition) is 2. The number of carbonyl (C=O) groups is 1. The second kappa shape index (κ2) is 5.07. The molecule has 104 valence electrons. The molecule has 4 nitrogen and oxygen atoms in total. The summed E-state index contributed by atoms with van der Waals surface area (Å²) in [5.74, 6) is -0.426.